The standard InChI is InChI=1S/C45H74O19/c1-18(17-58-41-37(56)34(53)30(49)25(14-46)61-41)5-8-24-19(2)28-39(60-24)33(52)29-22-7-6-20-13-21(9-11-44(20,3)23(22)10-12-45(28,29)4)59-43-40(36(55)32(51)27(16-48)63-43)64-42-38(57)35(54)31(50)26(15-47)62-42/h18,20-23,25-43,46-57H,5-17H2,1-4H3/t18-,20+,21-,22+,23-,25+,26+,27+,28-,29+,30+,31+,32-,33+,34-,35-,36-,37+,38+,39+,40+,41+,42-,43+,44-,45+/m0/s1. The number of aliphatic hydroxyl groups is 12. The Kier molecular flexibility index (Phi) is 14.9. The molecule has 0 aromatic rings. The molecule has 4 aliphatic heterocycles. The molecule has 12 N–H and O–H groups in total. The van der Waals surface area contributed by atoms with Gasteiger partial charge >= 0.3 is 0 Å². The maximum absolute atomic E-state index is 12.2. The molecule has 4 aliphatic carbocycles. The van der Waals surface area contributed by atoms with E-state index in [4.69, 9.17) is 33.2 Å². The molecule has 4 saturated carbocycles. The summed E-state index contributed by atoms with van der Waals surface area (Å²) in [5.74, 6) is 2.03. The van der Waals surface area contributed by atoms with Crippen molar-refractivity contribution in [1.29, 1.82) is 0 Å². The fourth-order valence-corrected chi connectivity index (χ4v) is 13.7. The molecule has 368 valence electrons. The first-order valence-electron chi connectivity index (χ1n) is 23.6. The van der Waals surface area contributed by atoms with E-state index in [1.165, 1.54) is 5.57 Å². The Morgan fingerprint density at radius 1 is 0.641 bits per heavy atom. The number of fused-ring (bicyclic) bond motifs is 7. The first-order chi connectivity index (χ1) is 30.4. The summed E-state index contributed by atoms with van der Waals surface area (Å²) in [6, 6.07) is 0. The van der Waals surface area contributed by atoms with Gasteiger partial charge in [-0.05, 0) is 104 Å². The fraction of sp³-hybridized carbons (Fsp3) is 0.956. The average Bonchev–Trinajstić information content (AvgIpc) is 3.74. The van der Waals surface area contributed by atoms with Crippen LogP contribution in [-0.2, 0) is 33.2 Å². The normalized spacial score (nSPS) is 53.2. The lowest BCUT2D eigenvalue weighted by molar-refractivity contribution is -0.373. The number of rotatable bonds is 13. The molecular weight excluding hydrogens is 844 g/mol. The van der Waals surface area contributed by atoms with Gasteiger partial charge < -0.3 is 94.4 Å². The Hall–Kier alpha value is -1.18. The highest BCUT2D eigenvalue weighted by Gasteiger charge is 2.68. The third-order valence-corrected chi connectivity index (χ3v) is 17.4. The molecule has 8 rings (SSSR count). The second-order valence-electron chi connectivity index (χ2n) is 21.0. The van der Waals surface area contributed by atoms with Gasteiger partial charge in [-0.2, -0.15) is 0 Å². The number of allylic oxidation sites excluding steroid dienone is 1. The van der Waals surface area contributed by atoms with E-state index in [-0.39, 0.29) is 53.3 Å². The van der Waals surface area contributed by atoms with Crippen LogP contribution in [0.4, 0.5) is 0 Å². The van der Waals surface area contributed by atoms with Crippen molar-refractivity contribution in [1.82, 2.24) is 0 Å². The molecule has 0 radical (unpaired) electrons. The van der Waals surface area contributed by atoms with Crippen LogP contribution in [0.2, 0.25) is 0 Å². The number of aliphatic hydroxyl groups excluding tert-OH is 12. The molecule has 0 bridgehead atoms. The lowest BCUT2D eigenvalue weighted by Crippen LogP contribution is -2.65. The molecule has 0 amide bonds. The predicted molar refractivity (Wildman–Crippen MR) is 219 cm³/mol. The van der Waals surface area contributed by atoms with Crippen LogP contribution < -0.4 is 0 Å². The molecule has 0 aromatic heterocycles. The van der Waals surface area contributed by atoms with E-state index < -0.39 is 118 Å². The summed E-state index contributed by atoms with van der Waals surface area (Å²) in [5.41, 5.74) is 1.00. The van der Waals surface area contributed by atoms with Gasteiger partial charge in [-0.3, -0.25) is 0 Å². The molecule has 4 heterocycles. The highest BCUT2D eigenvalue weighted by Crippen LogP contribution is 2.70. The van der Waals surface area contributed by atoms with Crippen LogP contribution in [0.5, 0.6) is 0 Å². The summed E-state index contributed by atoms with van der Waals surface area (Å²) in [6.45, 7) is 7.25. The van der Waals surface area contributed by atoms with E-state index in [0.29, 0.717) is 37.5 Å². The van der Waals surface area contributed by atoms with E-state index >= 15 is 0 Å². The van der Waals surface area contributed by atoms with Crippen molar-refractivity contribution in [2.45, 2.75) is 196 Å². The van der Waals surface area contributed by atoms with Crippen LogP contribution in [0.1, 0.15) is 85.5 Å². The maximum Gasteiger partial charge on any atom is 0.187 e. The smallest absolute Gasteiger partial charge is 0.187 e. The monoisotopic (exact) mass is 918 g/mol. The maximum atomic E-state index is 12.2. The van der Waals surface area contributed by atoms with E-state index in [2.05, 4.69) is 20.8 Å². The van der Waals surface area contributed by atoms with Crippen LogP contribution in [0.15, 0.2) is 11.3 Å². The topological polar surface area (TPSA) is 307 Å². The lowest BCUT2D eigenvalue weighted by atomic mass is 9.44. The van der Waals surface area contributed by atoms with Crippen molar-refractivity contribution >= 4 is 0 Å². The van der Waals surface area contributed by atoms with E-state index in [1.807, 2.05) is 6.92 Å². The SMILES string of the molecule is CC1=C(CC[C@H](C)CO[C@@H]2O[C@H](CO)[C@@H](O)[C@H](O)[C@H]2O)O[C@H]2[C@H](O)[C@H]3[C@@H]4CC[C@@H]5C[C@@H](O[C@@H]6O[C@H](CO)[C@H](O)[C@H](O)[C@H]6O[C@@H]6O[C@H](CO)[C@@H](O)[C@H](O)[C@H]6O)CC[C@]5(C)[C@H]4CC[C@]3(C)[C@@H]12. The largest absolute Gasteiger partial charge is 0.491 e. The van der Waals surface area contributed by atoms with Gasteiger partial charge in [0.25, 0.3) is 0 Å². The molecule has 7 fully saturated rings. The van der Waals surface area contributed by atoms with Crippen LogP contribution in [0, 0.1) is 46.3 Å². The number of ether oxygens (including phenoxy) is 7. The van der Waals surface area contributed by atoms with E-state index in [0.717, 1.165) is 37.9 Å². The van der Waals surface area contributed by atoms with Gasteiger partial charge in [-0.15, -0.1) is 0 Å². The van der Waals surface area contributed by atoms with Gasteiger partial charge in [0.1, 0.15) is 79.4 Å². The van der Waals surface area contributed by atoms with Crippen molar-refractivity contribution in [2.75, 3.05) is 26.4 Å². The summed E-state index contributed by atoms with van der Waals surface area (Å²) in [6.07, 6.45) is -15.7. The minimum Gasteiger partial charge on any atom is -0.491 e. The Bertz CT molecular complexity index is 1620. The molecule has 3 saturated heterocycles. The van der Waals surface area contributed by atoms with E-state index in [9.17, 15) is 61.3 Å². The van der Waals surface area contributed by atoms with Crippen molar-refractivity contribution in [2.24, 2.45) is 46.3 Å². The summed E-state index contributed by atoms with van der Waals surface area (Å²) in [5, 5.41) is 125. The summed E-state index contributed by atoms with van der Waals surface area (Å²) in [7, 11) is 0. The molecule has 26 atom stereocenters. The Morgan fingerprint density at radius 2 is 1.22 bits per heavy atom. The predicted octanol–water partition coefficient (Wildman–Crippen LogP) is -1.86. The van der Waals surface area contributed by atoms with Gasteiger partial charge in [-0.1, -0.05) is 20.8 Å². The van der Waals surface area contributed by atoms with Crippen LogP contribution >= 0.6 is 0 Å². The first-order valence-corrected chi connectivity index (χ1v) is 23.6. The third-order valence-electron chi connectivity index (χ3n) is 17.4. The molecule has 0 aromatic carbocycles. The van der Waals surface area contributed by atoms with Gasteiger partial charge in [0.15, 0.2) is 18.9 Å². The number of hydrogen-bond donors (Lipinski definition) is 12. The van der Waals surface area contributed by atoms with Crippen molar-refractivity contribution in [3.05, 3.63) is 11.3 Å². The summed E-state index contributed by atoms with van der Waals surface area (Å²) < 4.78 is 42.0. The number of hydrogen-bond acceptors (Lipinski definition) is 19. The van der Waals surface area contributed by atoms with Crippen LogP contribution in [-0.4, -0.2) is 198 Å². The highest BCUT2D eigenvalue weighted by molar-refractivity contribution is 5.29. The summed E-state index contributed by atoms with van der Waals surface area (Å²) >= 11 is 0. The van der Waals surface area contributed by atoms with E-state index in [1.54, 1.807) is 0 Å². The molecule has 19 nitrogen and oxygen atoms in total. The molecule has 19 heteroatoms. The average molecular weight is 919 g/mol. The summed E-state index contributed by atoms with van der Waals surface area (Å²) in [4.78, 5) is 0. The van der Waals surface area contributed by atoms with Gasteiger partial charge in [-0.25, -0.2) is 0 Å². The Balaban J connectivity index is 0.887. The van der Waals surface area contributed by atoms with Gasteiger partial charge in [0, 0.05) is 12.3 Å². The van der Waals surface area contributed by atoms with Crippen molar-refractivity contribution in [3.63, 3.8) is 0 Å². The molecular formula is C45H74O19. The minimum atomic E-state index is -1.76. The fourth-order valence-electron chi connectivity index (χ4n) is 13.7. The zero-order valence-electron chi connectivity index (χ0n) is 37.3. The second-order valence-corrected chi connectivity index (χ2v) is 21.0. The van der Waals surface area contributed by atoms with Crippen LogP contribution in [0.3, 0.4) is 0 Å². The molecule has 8 aliphatic rings. The van der Waals surface area contributed by atoms with Crippen LogP contribution in [0.25, 0.3) is 0 Å². The Morgan fingerprint density at radius 3 is 1.86 bits per heavy atom. The zero-order chi connectivity index (χ0) is 46.2. The second kappa shape index (κ2) is 19.3. The minimum absolute atomic E-state index is 0.0234. The third kappa shape index (κ3) is 8.52. The zero-order valence-corrected chi connectivity index (χ0v) is 37.3. The molecule has 0 spiro atoms. The Labute approximate surface area is 373 Å². The van der Waals surface area contributed by atoms with Crippen molar-refractivity contribution in [3.8, 4) is 0 Å². The van der Waals surface area contributed by atoms with Crippen molar-refractivity contribution < 1.29 is 94.4 Å². The first kappa shape index (κ1) is 49.2. The molecule has 0 unspecified atom stereocenters. The van der Waals surface area contributed by atoms with Gasteiger partial charge in [0.2, 0.25) is 0 Å². The molecule has 64 heavy (non-hydrogen) atoms. The highest BCUT2D eigenvalue weighted by atomic mass is 16.8. The quantitative estimate of drug-likeness (QED) is 0.0902. The van der Waals surface area contributed by atoms with Gasteiger partial charge in [0.05, 0.1) is 44.4 Å². The lowest BCUT2D eigenvalue weighted by Gasteiger charge is -2.61.